The lowest BCUT2D eigenvalue weighted by Gasteiger charge is -2.25. The summed E-state index contributed by atoms with van der Waals surface area (Å²) in [5.74, 6) is 0.350. The summed E-state index contributed by atoms with van der Waals surface area (Å²) in [6.07, 6.45) is 3.28. The molecule has 0 unspecified atom stereocenters. The Hall–Kier alpha value is -2.69. The van der Waals surface area contributed by atoms with Crippen LogP contribution < -0.4 is 9.64 Å². The second kappa shape index (κ2) is 7.92. The Kier molecular flexibility index (Phi) is 5.43. The van der Waals surface area contributed by atoms with E-state index < -0.39 is 0 Å². The van der Waals surface area contributed by atoms with Gasteiger partial charge in [0.05, 0.1) is 25.2 Å². The van der Waals surface area contributed by atoms with Crippen LogP contribution in [0.2, 0.25) is 0 Å². The van der Waals surface area contributed by atoms with Crippen molar-refractivity contribution >= 4 is 28.3 Å². The van der Waals surface area contributed by atoms with Gasteiger partial charge in [-0.05, 0) is 30.3 Å². The minimum absolute atomic E-state index is 0.0855. The number of allylic oxidation sites excluding steroid dienone is 1. The molecule has 1 aromatic heterocycles. The van der Waals surface area contributed by atoms with E-state index in [4.69, 9.17) is 9.47 Å². The fourth-order valence-corrected chi connectivity index (χ4v) is 3.34. The fourth-order valence-electron chi connectivity index (χ4n) is 2.43. The van der Waals surface area contributed by atoms with Gasteiger partial charge < -0.3 is 14.4 Å². The van der Waals surface area contributed by atoms with Gasteiger partial charge in [-0.3, -0.25) is 4.79 Å². The molecule has 2 aromatic rings. The molecule has 0 radical (unpaired) electrons. The third-order valence-corrected chi connectivity index (χ3v) is 4.80. The quantitative estimate of drug-likeness (QED) is 0.466. The number of ether oxygens (including phenoxy) is 2. The number of benzene rings is 1. The van der Waals surface area contributed by atoms with Crippen LogP contribution in [0.1, 0.15) is 15.2 Å². The van der Waals surface area contributed by atoms with Crippen LogP contribution in [0, 0.1) is 11.3 Å². The van der Waals surface area contributed by atoms with E-state index in [1.54, 1.807) is 43.6 Å². The largest absolute Gasteiger partial charge is 0.497 e. The summed E-state index contributed by atoms with van der Waals surface area (Å²) in [5.41, 5.74) is 0.536. The van der Waals surface area contributed by atoms with Crippen molar-refractivity contribution in [2.45, 2.75) is 0 Å². The average Bonchev–Trinajstić information content (AvgIpc) is 3.15. The molecule has 0 amide bonds. The monoisotopic (exact) mass is 355 g/mol. The van der Waals surface area contributed by atoms with E-state index in [1.807, 2.05) is 6.07 Å². The lowest BCUT2D eigenvalue weighted by Crippen LogP contribution is -2.36. The van der Waals surface area contributed by atoms with Crippen molar-refractivity contribution in [3.8, 4) is 11.8 Å². The van der Waals surface area contributed by atoms with E-state index in [-0.39, 0.29) is 11.4 Å². The van der Waals surface area contributed by atoms with E-state index in [1.165, 1.54) is 11.3 Å². The predicted molar refractivity (Wildman–Crippen MR) is 96.1 cm³/mol. The predicted octanol–water partition coefficient (Wildman–Crippen LogP) is 2.78. The first kappa shape index (κ1) is 17.1. The zero-order valence-electron chi connectivity index (χ0n) is 13.8. The molecule has 1 aliphatic rings. The van der Waals surface area contributed by atoms with Crippen molar-refractivity contribution < 1.29 is 14.3 Å². The third-order valence-electron chi connectivity index (χ3n) is 3.80. The van der Waals surface area contributed by atoms with E-state index in [2.05, 4.69) is 9.88 Å². The van der Waals surface area contributed by atoms with Gasteiger partial charge in [-0.25, -0.2) is 4.98 Å². The van der Waals surface area contributed by atoms with Crippen LogP contribution >= 0.6 is 11.3 Å². The first-order valence-corrected chi connectivity index (χ1v) is 8.62. The molecule has 3 rings (SSSR count). The highest BCUT2D eigenvalue weighted by molar-refractivity contribution is 7.16. The number of morpholine rings is 1. The first-order chi connectivity index (χ1) is 12.2. The molecule has 0 N–H and O–H groups in total. The number of Topliss-reactive ketones (excluding diaryl/α,β-unsaturated/α-hetero) is 1. The van der Waals surface area contributed by atoms with E-state index >= 15 is 0 Å². The zero-order valence-corrected chi connectivity index (χ0v) is 14.6. The Labute approximate surface area is 149 Å². The number of hydrogen-bond donors (Lipinski definition) is 0. The molecule has 7 heteroatoms. The SMILES string of the molecule is COc1ccc(C(=O)/C(C#N)=C/c2cnc(N3CCOCC3)s2)cc1. The molecule has 1 fully saturated rings. The lowest BCUT2D eigenvalue weighted by atomic mass is 10.0. The van der Waals surface area contributed by atoms with E-state index in [9.17, 15) is 10.1 Å². The van der Waals surface area contributed by atoms with Gasteiger partial charge in [-0.15, -0.1) is 0 Å². The van der Waals surface area contributed by atoms with Crippen molar-refractivity contribution in [1.82, 2.24) is 4.98 Å². The van der Waals surface area contributed by atoms with Gasteiger partial charge in [-0.1, -0.05) is 11.3 Å². The lowest BCUT2D eigenvalue weighted by molar-refractivity contribution is 0.104. The number of nitriles is 1. The molecule has 1 aromatic carbocycles. The maximum atomic E-state index is 12.5. The molecule has 6 nitrogen and oxygen atoms in total. The Bertz CT molecular complexity index is 815. The Morgan fingerprint density at radius 2 is 2.08 bits per heavy atom. The van der Waals surface area contributed by atoms with Crippen LogP contribution in [-0.2, 0) is 4.74 Å². The number of aromatic nitrogens is 1. The highest BCUT2D eigenvalue weighted by Crippen LogP contribution is 2.26. The zero-order chi connectivity index (χ0) is 17.6. The summed E-state index contributed by atoms with van der Waals surface area (Å²) in [4.78, 5) is 19.8. The van der Waals surface area contributed by atoms with Crippen LogP contribution in [0.5, 0.6) is 5.75 Å². The second-order valence-corrected chi connectivity index (χ2v) is 6.41. The molecule has 1 saturated heterocycles. The van der Waals surface area contributed by atoms with E-state index in [0.29, 0.717) is 24.5 Å². The summed E-state index contributed by atoms with van der Waals surface area (Å²) in [6.45, 7) is 2.97. The van der Waals surface area contributed by atoms with Gasteiger partial charge in [0.2, 0.25) is 5.78 Å². The number of thiazole rings is 1. The standard InChI is InChI=1S/C18H17N3O3S/c1-23-15-4-2-13(3-5-15)17(22)14(11-19)10-16-12-20-18(25-16)21-6-8-24-9-7-21/h2-5,10,12H,6-9H2,1H3/b14-10+. The average molecular weight is 355 g/mol. The Morgan fingerprint density at radius 1 is 1.36 bits per heavy atom. The Balaban J connectivity index is 1.78. The smallest absolute Gasteiger partial charge is 0.203 e. The molecule has 1 aliphatic heterocycles. The normalized spacial score (nSPS) is 14.9. The van der Waals surface area contributed by atoms with Crippen LogP contribution in [0.3, 0.4) is 0 Å². The maximum Gasteiger partial charge on any atom is 0.203 e. The van der Waals surface area contributed by atoms with Crippen LogP contribution in [0.25, 0.3) is 6.08 Å². The number of anilines is 1. The molecular formula is C18H17N3O3S. The molecule has 0 atom stereocenters. The topological polar surface area (TPSA) is 75.5 Å². The number of nitrogens with zero attached hydrogens (tertiary/aromatic N) is 3. The third kappa shape index (κ3) is 4.05. The summed E-state index contributed by atoms with van der Waals surface area (Å²) < 4.78 is 10.4. The van der Waals surface area contributed by atoms with Gasteiger partial charge in [0.25, 0.3) is 0 Å². The molecule has 0 saturated carbocycles. The molecule has 25 heavy (non-hydrogen) atoms. The summed E-state index contributed by atoms with van der Waals surface area (Å²) in [6, 6.07) is 8.69. The van der Waals surface area contributed by atoms with Crippen LogP contribution in [0.15, 0.2) is 36.0 Å². The molecule has 0 bridgehead atoms. The molecule has 0 spiro atoms. The minimum atomic E-state index is -0.313. The number of ketones is 1. The Morgan fingerprint density at radius 3 is 2.72 bits per heavy atom. The summed E-state index contributed by atoms with van der Waals surface area (Å²) in [7, 11) is 1.56. The molecule has 2 heterocycles. The van der Waals surface area contributed by atoms with Crippen molar-refractivity contribution in [3.05, 3.63) is 46.5 Å². The molecular weight excluding hydrogens is 338 g/mol. The van der Waals surface area contributed by atoms with Crippen LogP contribution in [0.4, 0.5) is 5.13 Å². The maximum absolute atomic E-state index is 12.5. The van der Waals surface area contributed by atoms with Crippen molar-refractivity contribution in [3.63, 3.8) is 0 Å². The summed E-state index contributed by atoms with van der Waals surface area (Å²) in [5, 5.41) is 10.2. The number of hydrogen-bond acceptors (Lipinski definition) is 7. The van der Waals surface area contributed by atoms with Crippen molar-refractivity contribution in [2.24, 2.45) is 0 Å². The highest BCUT2D eigenvalue weighted by Gasteiger charge is 2.16. The van der Waals surface area contributed by atoms with Gasteiger partial charge in [0.1, 0.15) is 17.4 Å². The highest BCUT2D eigenvalue weighted by atomic mass is 32.1. The van der Waals surface area contributed by atoms with Crippen molar-refractivity contribution in [1.29, 1.82) is 5.26 Å². The first-order valence-electron chi connectivity index (χ1n) is 7.80. The van der Waals surface area contributed by atoms with Gasteiger partial charge >= 0.3 is 0 Å². The van der Waals surface area contributed by atoms with Crippen LogP contribution in [-0.4, -0.2) is 44.2 Å². The second-order valence-electron chi connectivity index (χ2n) is 5.37. The van der Waals surface area contributed by atoms with Crippen molar-refractivity contribution in [2.75, 3.05) is 38.3 Å². The van der Waals surface area contributed by atoms with E-state index in [0.717, 1.165) is 23.1 Å². The molecule has 0 aliphatic carbocycles. The fraction of sp³-hybridized carbons (Fsp3) is 0.278. The van der Waals surface area contributed by atoms with Gasteiger partial charge in [0.15, 0.2) is 5.13 Å². The van der Waals surface area contributed by atoms with Gasteiger partial charge in [-0.2, -0.15) is 5.26 Å². The number of rotatable bonds is 5. The number of carbonyl (C=O) groups is 1. The molecule has 128 valence electrons. The number of carbonyl (C=O) groups excluding carboxylic acids is 1. The minimum Gasteiger partial charge on any atom is -0.497 e. The number of methoxy groups -OCH3 is 1. The van der Waals surface area contributed by atoms with Gasteiger partial charge in [0, 0.05) is 24.8 Å². The summed E-state index contributed by atoms with van der Waals surface area (Å²) >= 11 is 1.46.